The number of fused-ring (bicyclic) bond motifs is 8. The molecule has 8 aromatic rings. The number of hydrogen-bond acceptors (Lipinski definition) is 0. The second-order valence-electron chi connectivity index (χ2n) is 10.9. The fourth-order valence-corrected chi connectivity index (χ4v) is 6.99. The first-order valence-corrected chi connectivity index (χ1v) is 13.9. The summed E-state index contributed by atoms with van der Waals surface area (Å²) in [6.45, 7) is 0. The molecule has 0 fully saturated rings. The summed E-state index contributed by atoms with van der Waals surface area (Å²) in [5, 5.41) is 10.5. The molecule has 0 unspecified atom stereocenters. The molecule has 0 amide bonds. The molecule has 0 aromatic heterocycles. The highest BCUT2D eigenvalue weighted by Crippen LogP contribution is 2.52. The molecule has 8 aromatic carbocycles. The van der Waals surface area contributed by atoms with Crippen molar-refractivity contribution in [2.24, 2.45) is 0 Å². The van der Waals surface area contributed by atoms with Crippen molar-refractivity contribution in [1.82, 2.24) is 0 Å². The zero-order chi connectivity index (χ0) is 26.2. The highest BCUT2D eigenvalue weighted by Gasteiger charge is 2.24. The summed E-state index contributed by atoms with van der Waals surface area (Å²) < 4.78 is 0. The van der Waals surface area contributed by atoms with Crippen LogP contribution in [0.5, 0.6) is 0 Å². The third kappa shape index (κ3) is 2.96. The topological polar surface area (TPSA) is 0 Å². The minimum atomic E-state index is 1.24. The first-order valence-electron chi connectivity index (χ1n) is 13.9. The lowest BCUT2D eigenvalue weighted by atomic mass is 9.86. The first-order chi connectivity index (χ1) is 19.8. The zero-order valence-corrected chi connectivity index (χ0v) is 21.9. The van der Waals surface area contributed by atoms with Gasteiger partial charge in [-0.25, -0.2) is 0 Å². The Morgan fingerprint density at radius 1 is 0.250 bits per heavy atom. The van der Waals surface area contributed by atoms with E-state index in [2.05, 4.69) is 146 Å². The van der Waals surface area contributed by atoms with E-state index in [0.717, 1.165) is 0 Å². The van der Waals surface area contributed by atoms with Gasteiger partial charge in [0.25, 0.3) is 0 Å². The Balaban J connectivity index is 1.42. The third-order valence-electron chi connectivity index (χ3n) is 8.77. The van der Waals surface area contributed by atoms with Crippen LogP contribution < -0.4 is 0 Å². The lowest BCUT2D eigenvalue weighted by Crippen LogP contribution is -1.90. The van der Waals surface area contributed by atoms with Crippen LogP contribution in [0.3, 0.4) is 0 Å². The minimum Gasteiger partial charge on any atom is -0.0622 e. The van der Waals surface area contributed by atoms with Crippen molar-refractivity contribution < 1.29 is 0 Å². The molecule has 0 radical (unpaired) electrons. The Kier molecular flexibility index (Phi) is 4.42. The van der Waals surface area contributed by atoms with E-state index in [1.165, 1.54) is 87.6 Å². The Morgan fingerprint density at radius 3 is 1.60 bits per heavy atom. The zero-order valence-electron chi connectivity index (χ0n) is 21.9. The van der Waals surface area contributed by atoms with Crippen LogP contribution in [0.2, 0.25) is 0 Å². The molecule has 0 atom stereocenters. The molecule has 0 N–H and O–H groups in total. The summed E-state index contributed by atoms with van der Waals surface area (Å²) in [4.78, 5) is 0. The minimum absolute atomic E-state index is 1.24. The quantitative estimate of drug-likeness (QED) is 0.205. The summed E-state index contributed by atoms with van der Waals surface area (Å²) in [5.74, 6) is 0. The molecule has 0 heteroatoms. The molecule has 0 nitrogen and oxygen atoms in total. The number of rotatable bonds is 2. The van der Waals surface area contributed by atoms with Crippen LogP contribution in [-0.4, -0.2) is 0 Å². The lowest BCUT2D eigenvalue weighted by molar-refractivity contribution is 1.60. The van der Waals surface area contributed by atoms with Crippen LogP contribution in [0.15, 0.2) is 146 Å². The van der Waals surface area contributed by atoms with E-state index in [0.29, 0.717) is 0 Å². The maximum Gasteiger partial charge on any atom is -0.00199 e. The molecule has 9 rings (SSSR count). The van der Waals surface area contributed by atoms with Gasteiger partial charge in [0.15, 0.2) is 0 Å². The second kappa shape index (κ2) is 8.15. The van der Waals surface area contributed by atoms with Crippen molar-refractivity contribution >= 4 is 43.1 Å². The fourth-order valence-electron chi connectivity index (χ4n) is 6.99. The molecule has 184 valence electrons. The molecular weight excluding hydrogens is 480 g/mol. The lowest BCUT2D eigenvalue weighted by Gasteiger charge is -2.17. The Bertz CT molecular complexity index is 2300. The molecule has 40 heavy (non-hydrogen) atoms. The summed E-state index contributed by atoms with van der Waals surface area (Å²) in [6.07, 6.45) is 0. The maximum atomic E-state index is 2.46. The van der Waals surface area contributed by atoms with Crippen molar-refractivity contribution in [2.45, 2.75) is 0 Å². The van der Waals surface area contributed by atoms with Crippen LogP contribution in [0.25, 0.3) is 87.6 Å². The van der Waals surface area contributed by atoms with Gasteiger partial charge >= 0.3 is 0 Å². The average Bonchev–Trinajstić information content (AvgIpc) is 3.33. The summed E-state index contributed by atoms with van der Waals surface area (Å²) in [7, 11) is 0. The van der Waals surface area contributed by atoms with Crippen molar-refractivity contribution in [3.63, 3.8) is 0 Å². The van der Waals surface area contributed by atoms with E-state index in [1.54, 1.807) is 0 Å². The third-order valence-corrected chi connectivity index (χ3v) is 8.77. The van der Waals surface area contributed by atoms with E-state index in [1.807, 2.05) is 0 Å². The average molecular weight is 505 g/mol. The molecule has 0 aliphatic heterocycles. The second-order valence-corrected chi connectivity index (χ2v) is 10.9. The van der Waals surface area contributed by atoms with Gasteiger partial charge in [-0.3, -0.25) is 0 Å². The normalized spacial score (nSPS) is 12.0. The molecule has 1 aliphatic rings. The van der Waals surface area contributed by atoms with Gasteiger partial charge in [-0.1, -0.05) is 121 Å². The highest BCUT2D eigenvalue weighted by atomic mass is 14.3. The van der Waals surface area contributed by atoms with Gasteiger partial charge in [-0.2, -0.15) is 0 Å². The van der Waals surface area contributed by atoms with Gasteiger partial charge in [0, 0.05) is 0 Å². The molecule has 0 spiro atoms. The van der Waals surface area contributed by atoms with Crippen molar-refractivity contribution in [3.05, 3.63) is 146 Å². The Morgan fingerprint density at radius 2 is 0.800 bits per heavy atom. The van der Waals surface area contributed by atoms with Crippen LogP contribution in [-0.2, 0) is 0 Å². The van der Waals surface area contributed by atoms with Crippen LogP contribution in [0.1, 0.15) is 0 Å². The fraction of sp³-hybridized carbons (Fsp3) is 0. The van der Waals surface area contributed by atoms with Crippen molar-refractivity contribution in [3.8, 4) is 44.5 Å². The molecule has 1 aliphatic carbocycles. The standard InChI is InChI=1S/C40H24/c1-2-11-25(12-3-1)28-15-6-7-16-29(28)36-23-38-33-20-10-19-32-34-21-26-13-4-5-14-27(26)22-35(34)39(40(32)33)24-37(38)31-18-9-8-17-30(31)36/h1-24H. The van der Waals surface area contributed by atoms with Crippen LogP contribution in [0.4, 0.5) is 0 Å². The predicted molar refractivity (Wildman–Crippen MR) is 172 cm³/mol. The van der Waals surface area contributed by atoms with Crippen molar-refractivity contribution in [2.75, 3.05) is 0 Å². The van der Waals surface area contributed by atoms with E-state index < -0.39 is 0 Å². The van der Waals surface area contributed by atoms with E-state index in [4.69, 9.17) is 0 Å². The van der Waals surface area contributed by atoms with Crippen molar-refractivity contribution in [1.29, 1.82) is 0 Å². The van der Waals surface area contributed by atoms with Crippen LogP contribution >= 0.6 is 0 Å². The van der Waals surface area contributed by atoms with Gasteiger partial charge in [0.05, 0.1) is 0 Å². The van der Waals surface area contributed by atoms with Gasteiger partial charge in [-0.05, 0) is 112 Å². The molecule has 0 bridgehead atoms. The van der Waals surface area contributed by atoms with Gasteiger partial charge in [0.1, 0.15) is 0 Å². The largest absolute Gasteiger partial charge is 0.0622 e. The maximum absolute atomic E-state index is 2.46. The molecule has 0 saturated heterocycles. The molecule has 0 saturated carbocycles. The Labute approximate surface area is 232 Å². The first kappa shape index (κ1) is 21.7. The number of benzene rings is 8. The summed E-state index contributed by atoms with van der Waals surface area (Å²) in [5.41, 5.74) is 10.4. The molecular formula is C40H24. The summed E-state index contributed by atoms with van der Waals surface area (Å²) in [6, 6.07) is 53.7. The van der Waals surface area contributed by atoms with E-state index >= 15 is 0 Å². The monoisotopic (exact) mass is 504 g/mol. The summed E-state index contributed by atoms with van der Waals surface area (Å²) >= 11 is 0. The van der Waals surface area contributed by atoms with Gasteiger partial charge in [0.2, 0.25) is 0 Å². The highest BCUT2D eigenvalue weighted by molar-refractivity contribution is 6.29. The van der Waals surface area contributed by atoms with Crippen LogP contribution in [0, 0.1) is 0 Å². The molecule has 0 heterocycles. The Hall–Kier alpha value is -5.20. The van der Waals surface area contributed by atoms with E-state index in [9.17, 15) is 0 Å². The van der Waals surface area contributed by atoms with Gasteiger partial charge in [-0.15, -0.1) is 0 Å². The predicted octanol–water partition coefficient (Wildman–Crippen LogP) is 11.3. The SMILES string of the molecule is c1ccc(-c2ccccc2-c2cc3c4cccc5c4c(cc3c3ccccc23)-c2cc3ccccc3cc2-5)cc1. The van der Waals surface area contributed by atoms with E-state index in [-0.39, 0.29) is 0 Å². The number of hydrogen-bond donors (Lipinski definition) is 0. The smallest absolute Gasteiger partial charge is 0.00199 e. The van der Waals surface area contributed by atoms with Gasteiger partial charge < -0.3 is 0 Å².